The highest BCUT2D eigenvalue weighted by atomic mass is 32.1. The molecule has 4 rings (SSSR count). The zero-order valence-corrected chi connectivity index (χ0v) is 21.2. The molecule has 10 heteroatoms. The summed E-state index contributed by atoms with van der Waals surface area (Å²) in [6.07, 6.45) is -4.79. The predicted molar refractivity (Wildman–Crippen MR) is 134 cm³/mol. The quantitative estimate of drug-likeness (QED) is 0.388. The molecule has 0 N–H and O–H groups in total. The number of carbonyl (C=O) groups is 1. The van der Waals surface area contributed by atoms with Crippen molar-refractivity contribution in [3.8, 4) is 5.69 Å². The number of hydrogen-bond acceptors (Lipinski definition) is 4. The van der Waals surface area contributed by atoms with Crippen LogP contribution in [0.2, 0.25) is 0 Å². The first-order valence-corrected chi connectivity index (χ1v) is 11.9. The van der Waals surface area contributed by atoms with E-state index in [2.05, 4.69) is 0 Å². The molecule has 0 saturated carbocycles. The second-order valence-corrected chi connectivity index (χ2v) is 9.89. The zero-order chi connectivity index (χ0) is 26.5. The maximum atomic E-state index is 13.9. The lowest BCUT2D eigenvalue weighted by atomic mass is 10.1. The molecule has 1 amide bonds. The summed E-state index contributed by atoms with van der Waals surface area (Å²) in [5.74, 6) is -0.360. The third-order valence-electron chi connectivity index (χ3n) is 6.10. The molecule has 2 aromatic heterocycles. The number of amides is 1. The van der Waals surface area contributed by atoms with Crippen LogP contribution >= 0.6 is 11.3 Å². The lowest BCUT2D eigenvalue weighted by molar-refractivity contribution is -0.137. The van der Waals surface area contributed by atoms with Crippen molar-refractivity contribution in [2.75, 3.05) is 14.1 Å². The Labute approximate surface area is 208 Å². The summed E-state index contributed by atoms with van der Waals surface area (Å²) in [6, 6.07) is 10.2. The molecule has 0 spiro atoms. The summed E-state index contributed by atoms with van der Waals surface area (Å²) >= 11 is 0.994. The van der Waals surface area contributed by atoms with Crippen molar-refractivity contribution in [2.45, 2.75) is 33.5 Å². The Balaban J connectivity index is 2.15. The third-order valence-corrected chi connectivity index (χ3v) is 7.40. The van der Waals surface area contributed by atoms with Crippen LogP contribution in [0.15, 0.2) is 52.1 Å². The molecule has 0 aliphatic rings. The molecule has 0 aliphatic carbocycles. The maximum Gasteiger partial charge on any atom is 0.418 e. The fourth-order valence-electron chi connectivity index (χ4n) is 4.15. The van der Waals surface area contributed by atoms with Crippen LogP contribution < -0.4 is 11.2 Å². The molecule has 0 unspecified atom stereocenters. The van der Waals surface area contributed by atoms with Crippen LogP contribution in [0.25, 0.3) is 15.9 Å². The summed E-state index contributed by atoms with van der Waals surface area (Å²) < 4.78 is 43.4. The Morgan fingerprint density at radius 1 is 1.03 bits per heavy atom. The Morgan fingerprint density at radius 2 is 1.69 bits per heavy atom. The van der Waals surface area contributed by atoms with Gasteiger partial charge in [-0.05, 0) is 49.6 Å². The molecule has 4 aromatic rings. The van der Waals surface area contributed by atoms with Crippen LogP contribution in [0.3, 0.4) is 0 Å². The standard InChI is InChI=1S/C26H24F3N3O3S/c1-14-10-11-15(2)17(12-14)13-31-24-20(16(3)21(36-24)23(34)30(4)5)22(33)32(25(31)35)19-9-7-6-8-18(19)26(27,28)29/h6-12H,13H2,1-5H3. The van der Waals surface area contributed by atoms with Gasteiger partial charge in [-0.3, -0.25) is 14.2 Å². The van der Waals surface area contributed by atoms with Crippen LogP contribution in [0.5, 0.6) is 0 Å². The molecule has 0 saturated heterocycles. The molecule has 0 aliphatic heterocycles. The van der Waals surface area contributed by atoms with Crippen LogP contribution in [-0.2, 0) is 12.7 Å². The first-order valence-electron chi connectivity index (χ1n) is 11.1. The molecule has 2 aromatic carbocycles. The third kappa shape index (κ3) is 4.26. The number of fused-ring (bicyclic) bond motifs is 1. The van der Waals surface area contributed by atoms with Crippen molar-refractivity contribution in [1.82, 2.24) is 14.0 Å². The molecule has 0 radical (unpaired) electrons. The molecular weight excluding hydrogens is 491 g/mol. The fraction of sp³-hybridized carbons (Fsp3) is 0.269. The highest BCUT2D eigenvalue weighted by Gasteiger charge is 2.35. The van der Waals surface area contributed by atoms with E-state index in [1.807, 2.05) is 32.0 Å². The molecule has 6 nitrogen and oxygen atoms in total. The fourth-order valence-corrected chi connectivity index (χ4v) is 5.47. The average molecular weight is 516 g/mol. The minimum Gasteiger partial charge on any atom is -0.344 e. The number of aromatic nitrogens is 2. The minimum atomic E-state index is -4.79. The number of benzene rings is 2. The van der Waals surface area contributed by atoms with Crippen LogP contribution in [0.1, 0.15) is 37.5 Å². The van der Waals surface area contributed by atoms with E-state index in [1.165, 1.54) is 21.6 Å². The van der Waals surface area contributed by atoms with E-state index in [9.17, 15) is 27.6 Å². The Kier molecular flexibility index (Phi) is 6.42. The van der Waals surface area contributed by atoms with Gasteiger partial charge in [0.15, 0.2) is 0 Å². The summed E-state index contributed by atoms with van der Waals surface area (Å²) in [6.45, 7) is 5.36. The van der Waals surface area contributed by atoms with Crippen molar-refractivity contribution in [3.63, 3.8) is 0 Å². The molecule has 2 heterocycles. The van der Waals surface area contributed by atoms with Gasteiger partial charge in [-0.25, -0.2) is 9.36 Å². The number of aryl methyl sites for hydroxylation is 3. The number of nitrogens with zero attached hydrogens (tertiary/aromatic N) is 3. The number of hydrogen-bond donors (Lipinski definition) is 0. The second kappa shape index (κ2) is 9.09. The van der Waals surface area contributed by atoms with Gasteiger partial charge in [0.1, 0.15) is 4.83 Å². The van der Waals surface area contributed by atoms with Crippen LogP contribution in [0, 0.1) is 20.8 Å². The highest BCUT2D eigenvalue weighted by Crippen LogP contribution is 2.34. The van der Waals surface area contributed by atoms with Gasteiger partial charge in [0.25, 0.3) is 11.5 Å². The van der Waals surface area contributed by atoms with Crippen LogP contribution in [0.4, 0.5) is 13.2 Å². The molecule has 36 heavy (non-hydrogen) atoms. The van der Waals surface area contributed by atoms with Crippen LogP contribution in [-0.4, -0.2) is 34.0 Å². The smallest absolute Gasteiger partial charge is 0.344 e. The Hall–Kier alpha value is -3.66. The largest absolute Gasteiger partial charge is 0.418 e. The number of alkyl halides is 3. The van der Waals surface area contributed by atoms with Crippen molar-refractivity contribution < 1.29 is 18.0 Å². The van der Waals surface area contributed by atoms with E-state index in [4.69, 9.17) is 0 Å². The Bertz CT molecular complexity index is 1630. The van der Waals surface area contributed by atoms with Gasteiger partial charge in [-0.15, -0.1) is 11.3 Å². The van der Waals surface area contributed by atoms with Gasteiger partial charge in [-0.2, -0.15) is 13.2 Å². The summed E-state index contributed by atoms with van der Waals surface area (Å²) in [7, 11) is 3.13. The second-order valence-electron chi connectivity index (χ2n) is 8.89. The number of para-hydroxylation sites is 1. The van der Waals surface area contributed by atoms with Gasteiger partial charge < -0.3 is 4.90 Å². The van der Waals surface area contributed by atoms with Crippen molar-refractivity contribution in [3.05, 3.63) is 96.0 Å². The first-order chi connectivity index (χ1) is 16.8. The van der Waals surface area contributed by atoms with E-state index >= 15 is 0 Å². The number of thiophene rings is 1. The topological polar surface area (TPSA) is 64.3 Å². The van der Waals surface area contributed by atoms with Gasteiger partial charge in [0.05, 0.1) is 28.1 Å². The lowest BCUT2D eigenvalue weighted by Crippen LogP contribution is -2.40. The first kappa shape index (κ1) is 25.4. The zero-order valence-electron chi connectivity index (χ0n) is 20.4. The predicted octanol–water partition coefficient (Wildman–Crippen LogP) is 4.91. The van der Waals surface area contributed by atoms with Crippen molar-refractivity contribution in [1.29, 1.82) is 0 Å². The van der Waals surface area contributed by atoms with Gasteiger partial charge in [0.2, 0.25) is 0 Å². The SMILES string of the molecule is Cc1ccc(C)c(Cn2c(=O)n(-c3ccccc3C(F)(F)F)c(=O)c3c(C)c(C(=O)N(C)C)sc32)c1. The molecule has 0 bridgehead atoms. The molecule has 0 fully saturated rings. The van der Waals surface area contributed by atoms with E-state index < -0.39 is 28.7 Å². The maximum absolute atomic E-state index is 13.9. The van der Waals surface area contributed by atoms with Crippen molar-refractivity contribution >= 4 is 27.5 Å². The summed E-state index contributed by atoms with van der Waals surface area (Å²) in [5.41, 5.74) is -0.521. The van der Waals surface area contributed by atoms with Gasteiger partial charge >= 0.3 is 11.9 Å². The molecule has 0 atom stereocenters. The minimum absolute atomic E-state index is 0.0207. The summed E-state index contributed by atoms with van der Waals surface area (Å²) in [4.78, 5) is 42.1. The van der Waals surface area contributed by atoms with E-state index in [-0.39, 0.29) is 27.5 Å². The Morgan fingerprint density at radius 3 is 2.33 bits per heavy atom. The average Bonchev–Trinajstić information content (AvgIpc) is 3.15. The number of rotatable bonds is 4. The lowest BCUT2D eigenvalue weighted by Gasteiger charge is -2.17. The number of carbonyl (C=O) groups excluding carboxylic acids is 1. The number of halogens is 3. The molecular formula is C26H24F3N3O3S. The summed E-state index contributed by atoms with van der Waals surface area (Å²) in [5, 5.41) is 0.0482. The van der Waals surface area contributed by atoms with E-state index in [1.54, 1.807) is 21.0 Å². The van der Waals surface area contributed by atoms with Gasteiger partial charge in [-0.1, -0.05) is 35.9 Å². The monoisotopic (exact) mass is 515 g/mol. The molecule has 188 valence electrons. The highest BCUT2D eigenvalue weighted by molar-refractivity contribution is 7.20. The van der Waals surface area contributed by atoms with E-state index in [0.717, 1.165) is 40.2 Å². The van der Waals surface area contributed by atoms with E-state index in [0.29, 0.717) is 10.1 Å². The van der Waals surface area contributed by atoms with Gasteiger partial charge in [0, 0.05) is 14.1 Å². The van der Waals surface area contributed by atoms with Crippen molar-refractivity contribution in [2.24, 2.45) is 0 Å². The normalized spacial score (nSPS) is 11.8.